The predicted octanol–water partition coefficient (Wildman–Crippen LogP) is 8.15. The maximum atomic E-state index is 15.1. The Morgan fingerprint density at radius 3 is 1.49 bits per heavy atom. The third-order valence-electron chi connectivity index (χ3n) is 13.2. The van der Waals surface area contributed by atoms with Gasteiger partial charge in [0.05, 0.1) is 36.7 Å². The smallest absolute Gasteiger partial charge is 0.407 e. The molecule has 7 rings (SSSR count). The number of nitrogens with two attached hydrogens (primary N) is 1. The molecule has 2 aliphatic rings. The average Bonchev–Trinajstić information content (AvgIpc) is 3.91. The number of nitrogens with zero attached hydrogens (tertiary/aromatic N) is 8. The van der Waals surface area contributed by atoms with Crippen molar-refractivity contribution >= 4 is 29.5 Å². The van der Waals surface area contributed by atoms with Gasteiger partial charge in [-0.15, -0.1) is 0 Å². The number of aliphatic hydroxyl groups is 2. The van der Waals surface area contributed by atoms with E-state index in [1.165, 1.54) is 47.0 Å². The maximum Gasteiger partial charge on any atom is 0.407 e. The molecule has 3 amide bonds. The number of halogens is 4. The van der Waals surface area contributed by atoms with Crippen molar-refractivity contribution in [2.45, 2.75) is 148 Å². The van der Waals surface area contributed by atoms with Crippen molar-refractivity contribution in [3.63, 3.8) is 0 Å². The van der Waals surface area contributed by atoms with Crippen LogP contribution < -0.4 is 30.3 Å². The van der Waals surface area contributed by atoms with Gasteiger partial charge in [0, 0.05) is 50.3 Å². The van der Waals surface area contributed by atoms with Crippen molar-refractivity contribution < 1.29 is 56.4 Å². The fourth-order valence-corrected chi connectivity index (χ4v) is 9.77. The number of amides is 3. The van der Waals surface area contributed by atoms with Crippen LogP contribution in [0.15, 0.2) is 79.6 Å². The van der Waals surface area contributed by atoms with Gasteiger partial charge >= 0.3 is 6.09 Å². The summed E-state index contributed by atoms with van der Waals surface area (Å²) in [6, 6.07) is 11.1. The second-order valence-electron chi connectivity index (χ2n) is 20.0. The van der Waals surface area contributed by atoms with Gasteiger partial charge in [-0.1, -0.05) is 30.3 Å². The Balaban J connectivity index is 0.000000255. The SMILES string of the molecule is CC(C)N(C(=O)c1c(Oc2cncnc2N(C)[C@H]2C[C@@H](N)C[C@H]2O)ccc(F)c1F)C(C)C.CC(C)N(C(=O)c1c(Oc2cncnc2N(C)[C@H]2C[C@@H](NC(=O)OCc3ccccc3)C[C@H]2O)ccc(F)c1F)C(C)C. The first-order valence-corrected chi connectivity index (χ1v) is 25.1. The van der Waals surface area contributed by atoms with Gasteiger partial charge in [0.25, 0.3) is 11.8 Å². The Morgan fingerprint density at radius 2 is 1.07 bits per heavy atom. The molecule has 0 radical (unpaired) electrons. The Labute approximate surface area is 440 Å². The molecule has 22 heteroatoms. The number of carbonyl (C=O) groups is 3. The lowest BCUT2D eigenvalue weighted by Crippen LogP contribution is -2.42. The molecule has 0 bridgehead atoms. The molecule has 0 spiro atoms. The van der Waals surface area contributed by atoms with E-state index in [2.05, 4.69) is 25.3 Å². The average molecular weight is 1060 g/mol. The monoisotopic (exact) mass is 1060 g/mol. The number of alkyl carbamates (subject to hydrolysis) is 1. The Kier molecular flexibility index (Phi) is 19.6. The summed E-state index contributed by atoms with van der Waals surface area (Å²) in [6.45, 7) is 14.4. The Morgan fingerprint density at radius 1 is 0.632 bits per heavy atom. The molecule has 2 fully saturated rings. The molecule has 76 heavy (non-hydrogen) atoms. The van der Waals surface area contributed by atoms with Crippen LogP contribution in [0.1, 0.15) is 107 Å². The number of rotatable bonds is 17. The highest BCUT2D eigenvalue weighted by Gasteiger charge is 2.39. The molecule has 5 aromatic rings. The first-order chi connectivity index (χ1) is 36.0. The van der Waals surface area contributed by atoms with Gasteiger partial charge in [-0.2, -0.15) is 0 Å². The van der Waals surface area contributed by atoms with Crippen LogP contribution in [0.25, 0.3) is 0 Å². The molecule has 3 aromatic carbocycles. The zero-order valence-corrected chi connectivity index (χ0v) is 44.3. The summed E-state index contributed by atoms with van der Waals surface area (Å²) < 4.78 is 75.8. The zero-order chi connectivity index (χ0) is 55.7. The van der Waals surface area contributed by atoms with E-state index < -0.39 is 70.6 Å². The second kappa shape index (κ2) is 25.6. The summed E-state index contributed by atoms with van der Waals surface area (Å²) in [7, 11) is 3.42. The summed E-state index contributed by atoms with van der Waals surface area (Å²) in [5.41, 5.74) is 5.79. The number of ether oxygens (including phenoxy) is 3. The molecule has 6 atom stereocenters. The van der Waals surface area contributed by atoms with Crippen molar-refractivity contribution in [3.05, 3.63) is 120 Å². The molecule has 0 aliphatic heterocycles. The molecule has 5 N–H and O–H groups in total. The fourth-order valence-electron chi connectivity index (χ4n) is 9.77. The van der Waals surface area contributed by atoms with Gasteiger partial charge < -0.3 is 55.1 Å². The number of likely N-dealkylation sites (N-methyl/N-ethyl adjacent to an activating group) is 2. The first kappa shape index (κ1) is 58.1. The molecule has 2 saturated carbocycles. The zero-order valence-electron chi connectivity index (χ0n) is 44.3. The summed E-state index contributed by atoms with van der Waals surface area (Å²) in [5.74, 6) is -5.92. The highest BCUT2D eigenvalue weighted by atomic mass is 19.2. The van der Waals surface area contributed by atoms with Gasteiger partial charge in [-0.05, 0) is 111 Å². The molecular formula is C54H68F4N10O8. The minimum atomic E-state index is -1.32. The molecule has 2 aromatic heterocycles. The number of carbonyl (C=O) groups excluding carboxylic acids is 3. The fraction of sp³-hybridized carbons (Fsp3) is 0.463. The van der Waals surface area contributed by atoms with E-state index in [0.29, 0.717) is 25.1 Å². The van der Waals surface area contributed by atoms with E-state index >= 15 is 4.39 Å². The molecule has 18 nitrogen and oxygen atoms in total. The molecular weight excluding hydrogens is 993 g/mol. The third kappa shape index (κ3) is 13.6. The lowest BCUT2D eigenvalue weighted by atomic mass is 10.1. The minimum absolute atomic E-state index is 0.0663. The van der Waals surface area contributed by atoms with Gasteiger partial charge in [0.2, 0.25) is 0 Å². The molecule has 2 heterocycles. The van der Waals surface area contributed by atoms with E-state index in [4.69, 9.17) is 19.9 Å². The van der Waals surface area contributed by atoms with Crippen LogP contribution in [0, 0.1) is 23.3 Å². The van der Waals surface area contributed by atoms with Crippen LogP contribution in [0.5, 0.6) is 23.0 Å². The van der Waals surface area contributed by atoms with Crippen LogP contribution in [0.4, 0.5) is 34.0 Å². The molecule has 2 aliphatic carbocycles. The van der Waals surface area contributed by atoms with Crippen LogP contribution in [-0.2, 0) is 11.3 Å². The molecule has 0 saturated heterocycles. The second-order valence-corrected chi connectivity index (χ2v) is 20.0. The van der Waals surface area contributed by atoms with Gasteiger partial charge in [-0.3, -0.25) is 9.59 Å². The number of anilines is 2. The molecule has 0 unspecified atom stereocenters. The van der Waals surface area contributed by atoms with Crippen molar-refractivity contribution in [3.8, 4) is 23.0 Å². The highest BCUT2D eigenvalue weighted by Crippen LogP contribution is 2.39. The van der Waals surface area contributed by atoms with Crippen molar-refractivity contribution in [1.29, 1.82) is 0 Å². The van der Waals surface area contributed by atoms with E-state index in [-0.39, 0.29) is 84.1 Å². The summed E-state index contributed by atoms with van der Waals surface area (Å²) in [5, 5.41) is 24.1. The van der Waals surface area contributed by atoms with E-state index in [0.717, 1.165) is 17.7 Å². The summed E-state index contributed by atoms with van der Waals surface area (Å²) >= 11 is 0. The largest absolute Gasteiger partial charge is 0.451 e. The number of aliphatic hydroxyl groups excluding tert-OH is 2. The highest BCUT2D eigenvalue weighted by molar-refractivity contribution is 5.98. The minimum Gasteiger partial charge on any atom is -0.451 e. The topological polar surface area (TPSA) is 222 Å². The lowest BCUT2D eigenvalue weighted by molar-refractivity contribution is 0.0625. The lowest BCUT2D eigenvalue weighted by Gasteiger charge is -2.32. The number of benzene rings is 3. The standard InChI is InChI=1S/C31H37F2N5O5.C23H31F2N5O3/c1-18(2)38(19(3)4)30(40)27-25(12-11-22(32)28(27)33)43-26-15-34-17-35-29(26)37(5)23-13-21(14-24(23)39)36-31(41)42-16-20-9-7-6-8-10-20;1-12(2)30(13(3)4)23(32)20-18(7-6-15(24)21(20)25)33-19-10-27-11-28-22(19)29(5)16-8-14(26)9-17(16)31/h6-12,15,17-19,21,23-24,39H,13-14,16H2,1-5H3,(H,36,41);6-7,10-14,16-17,31H,8-9,26H2,1-5H3/t21-,23+,24-;14-,16+,17-/m11/s1. The van der Waals surface area contributed by atoms with Crippen molar-refractivity contribution in [2.75, 3.05) is 23.9 Å². The predicted molar refractivity (Wildman–Crippen MR) is 276 cm³/mol. The Bertz CT molecular complexity index is 2780. The van der Waals surface area contributed by atoms with E-state index in [9.17, 15) is 37.8 Å². The first-order valence-electron chi connectivity index (χ1n) is 25.1. The number of nitrogens with one attached hydrogen (secondary N) is 1. The summed E-state index contributed by atoms with van der Waals surface area (Å²) in [6.07, 6.45) is 4.89. The van der Waals surface area contributed by atoms with Gasteiger partial charge in [0.1, 0.15) is 41.9 Å². The van der Waals surface area contributed by atoms with Gasteiger partial charge in [-0.25, -0.2) is 42.3 Å². The Hall–Kier alpha value is -7.17. The summed E-state index contributed by atoms with van der Waals surface area (Å²) in [4.78, 5) is 62.0. The van der Waals surface area contributed by atoms with Crippen molar-refractivity contribution in [1.82, 2.24) is 35.1 Å². The molecule has 410 valence electrons. The van der Waals surface area contributed by atoms with E-state index in [1.807, 2.05) is 30.3 Å². The van der Waals surface area contributed by atoms with Gasteiger partial charge in [0.15, 0.2) is 46.4 Å². The quantitative estimate of drug-likeness (QED) is 0.0646. The maximum absolute atomic E-state index is 15.1. The third-order valence-corrected chi connectivity index (χ3v) is 13.2. The van der Waals surface area contributed by atoms with Crippen LogP contribution >= 0.6 is 0 Å². The number of hydrogen-bond acceptors (Lipinski definition) is 15. The van der Waals surface area contributed by atoms with Crippen molar-refractivity contribution in [2.24, 2.45) is 5.73 Å². The number of hydrogen-bond donors (Lipinski definition) is 4. The van der Waals surface area contributed by atoms with Crippen LogP contribution in [0.3, 0.4) is 0 Å². The number of aromatic nitrogens is 4. The van der Waals surface area contributed by atoms with Crippen LogP contribution in [0.2, 0.25) is 0 Å². The van der Waals surface area contributed by atoms with E-state index in [1.54, 1.807) is 79.3 Å². The normalized spacial score (nSPS) is 19.1. The van der Waals surface area contributed by atoms with Crippen LogP contribution in [-0.4, -0.2) is 132 Å².